The van der Waals surface area contributed by atoms with E-state index in [2.05, 4.69) is 22.4 Å². The zero-order chi connectivity index (χ0) is 23.8. The minimum absolute atomic E-state index is 0.0372. The molecule has 0 atom stereocenters. The molecule has 2 heterocycles. The lowest BCUT2D eigenvalue weighted by atomic mass is 9.91. The number of furan rings is 1. The Labute approximate surface area is 195 Å². The van der Waals surface area contributed by atoms with Gasteiger partial charge in [-0.25, -0.2) is 4.79 Å². The standard InChI is InChI=1S/C26H23N3O5/c1-15-14-29(18-10-9-16-5-2-3-6-17(16)13-18)25(31)23(15)28-27-20-8-4-7-19(24(20)30)21-11-12-22(34-21)26(32)33/h4,7-14,30-31H,2-3,5-6H2,1H3,(H,32,33). The number of fused-ring (bicyclic) bond motifs is 1. The van der Waals surface area contributed by atoms with Gasteiger partial charge in [-0.1, -0.05) is 12.1 Å². The van der Waals surface area contributed by atoms with Crippen molar-refractivity contribution >= 4 is 17.3 Å². The van der Waals surface area contributed by atoms with Crippen LogP contribution in [0.4, 0.5) is 11.4 Å². The van der Waals surface area contributed by atoms with Crippen LogP contribution in [0.15, 0.2) is 69.4 Å². The Kier molecular flexibility index (Phi) is 5.41. The molecule has 2 aromatic carbocycles. The fraction of sp³-hybridized carbons (Fsp3) is 0.192. The number of aromatic carboxylic acids is 1. The highest BCUT2D eigenvalue weighted by atomic mass is 16.4. The first-order valence-corrected chi connectivity index (χ1v) is 11.0. The number of phenols is 1. The summed E-state index contributed by atoms with van der Waals surface area (Å²) in [5.41, 5.74) is 5.01. The topological polar surface area (TPSA) is 121 Å². The summed E-state index contributed by atoms with van der Waals surface area (Å²) in [7, 11) is 0. The molecule has 0 saturated heterocycles. The second-order valence-electron chi connectivity index (χ2n) is 8.36. The molecule has 5 rings (SSSR count). The SMILES string of the molecule is Cc1cn(-c2ccc3c(c2)CCCC3)c(O)c1N=Nc1cccc(-c2ccc(C(=O)O)o2)c1O. The number of rotatable bonds is 5. The molecule has 0 radical (unpaired) electrons. The van der Waals surface area contributed by atoms with Gasteiger partial charge < -0.3 is 19.7 Å². The van der Waals surface area contributed by atoms with Gasteiger partial charge in [0.1, 0.15) is 11.4 Å². The third kappa shape index (κ3) is 3.83. The molecule has 1 aliphatic rings. The van der Waals surface area contributed by atoms with Crippen molar-refractivity contribution in [3.8, 4) is 28.6 Å². The monoisotopic (exact) mass is 457 g/mol. The van der Waals surface area contributed by atoms with E-state index < -0.39 is 5.97 Å². The molecule has 0 amide bonds. The molecule has 0 fully saturated rings. The summed E-state index contributed by atoms with van der Waals surface area (Å²) in [6.45, 7) is 1.83. The van der Waals surface area contributed by atoms with Crippen LogP contribution in [0.25, 0.3) is 17.0 Å². The second-order valence-corrected chi connectivity index (χ2v) is 8.36. The first kappa shape index (κ1) is 21.5. The third-order valence-corrected chi connectivity index (χ3v) is 6.10. The largest absolute Gasteiger partial charge is 0.505 e. The molecule has 8 heteroatoms. The minimum atomic E-state index is -1.20. The Morgan fingerprint density at radius 1 is 1.00 bits per heavy atom. The molecular weight excluding hydrogens is 434 g/mol. The number of para-hydroxylation sites is 1. The predicted octanol–water partition coefficient (Wildman–Crippen LogP) is 6.45. The van der Waals surface area contributed by atoms with Crippen molar-refractivity contribution in [1.82, 2.24) is 4.57 Å². The number of phenolic OH excluding ortho intramolecular Hbond substituents is 1. The van der Waals surface area contributed by atoms with Crippen LogP contribution in [-0.2, 0) is 12.8 Å². The van der Waals surface area contributed by atoms with Gasteiger partial charge in [-0.05, 0) is 85.7 Å². The van der Waals surface area contributed by atoms with E-state index in [4.69, 9.17) is 9.52 Å². The number of aromatic hydroxyl groups is 2. The summed E-state index contributed by atoms with van der Waals surface area (Å²) in [6, 6.07) is 13.8. The van der Waals surface area contributed by atoms with E-state index in [1.165, 1.54) is 36.1 Å². The van der Waals surface area contributed by atoms with Crippen LogP contribution < -0.4 is 0 Å². The van der Waals surface area contributed by atoms with E-state index in [0.717, 1.165) is 24.1 Å². The molecule has 0 saturated carbocycles. The van der Waals surface area contributed by atoms with Crippen molar-refractivity contribution in [2.24, 2.45) is 10.2 Å². The van der Waals surface area contributed by atoms with E-state index in [0.29, 0.717) is 5.69 Å². The number of azo groups is 1. The number of nitrogens with zero attached hydrogens (tertiary/aromatic N) is 3. The first-order valence-electron chi connectivity index (χ1n) is 11.0. The van der Waals surface area contributed by atoms with Gasteiger partial charge in [0, 0.05) is 11.9 Å². The number of carboxylic acids is 1. The van der Waals surface area contributed by atoms with Gasteiger partial charge in [0.15, 0.2) is 11.4 Å². The Bertz CT molecular complexity index is 1430. The number of benzene rings is 2. The fourth-order valence-electron chi connectivity index (χ4n) is 4.31. The van der Waals surface area contributed by atoms with Crippen LogP contribution in [0, 0.1) is 6.92 Å². The van der Waals surface area contributed by atoms with Gasteiger partial charge in [-0.15, -0.1) is 10.2 Å². The predicted molar refractivity (Wildman–Crippen MR) is 126 cm³/mol. The molecule has 8 nitrogen and oxygen atoms in total. The maximum Gasteiger partial charge on any atom is 0.371 e. The van der Waals surface area contributed by atoms with Crippen LogP contribution in [0.2, 0.25) is 0 Å². The van der Waals surface area contributed by atoms with Crippen LogP contribution in [0.3, 0.4) is 0 Å². The maximum absolute atomic E-state index is 11.1. The van der Waals surface area contributed by atoms with Gasteiger partial charge in [0.2, 0.25) is 11.6 Å². The smallest absolute Gasteiger partial charge is 0.371 e. The maximum atomic E-state index is 11.1. The quantitative estimate of drug-likeness (QED) is 0.297. The van der Waals surface area contributed by atoms with Crippen molar-refractivity contribution in [3.63, 3.8) is 0 Å². The molecule has 0 bridgehead atoms. The second kappa shape index (κ2) is 8.55. The van der Waals surface area contributed by atoms with Gasteiger partial charge in [0.25, 0.3) is 0 Å². The molecular formula is C26H23N3O5. The van der Waals surface area contributed by atoms with Crippen molar-refractivity contribution < 1.29 is 24.5 Å². The van der Waals surface area contributed by atoms with E-state index in [1.54, 1.807) is 29.0 Å². The van der Waals surface area contributed by atoms with Crippen molar-refractivity contribution in [2.75, 3.05) is 0 Å². The summed E-state index contributed by atoms with van der Waals surface area (Å²) >= 11 is 0. The van der Waals surface area contributed by atoms with Crippen molar-refractivity contribution in [2.45, 2.75) is 32.6 Å². The van der Waals surface area contributed by atoms with Crippen molar-refractivity contribution in [3.05, 3.63) is 77.2 Å². The lowest BCUT2D eigenvalue weighted by Crippen LogP contribution is -2.03. The fourth-order valence-corrected chi connectivity index (χ4v) is 4.31. The number of aryl methyl sites for hydroxylation is 3. The Morgan fingerprint density at radius 2 is 1.79 bits per heavy atom. The van der Waals surface area contributed by atoms with Crippen LogP contribution >= 0.6 is 0 Å². The first-order chi connectivity index (χ1) is 16.4. The highest BCUT2D eigenvalue weighted by Gasteiger charge is 2.18. The molecule has 4 aromatic rings. The highest BCUT2D eigenvalue weighted by molar-refractivity contribution is 5.85. The van der Waals surface area contributed by atoms with Crippen LogP contribution in [0.1, 0.15) is 40.1 Å². The summed E-state index contributed by atoms with van der Waals surface area (Å²) < 4.78 is 6.97. The average molecular weight is 457 g/mol. The van der Waals surface area contributed by atoms with E-state index in [-0.39, 0.29) is 34.4 Å². The Hall–Kier alpha value is -4.33. The molecule has 0 spiro atoms. The van der Waals surface area contributed by atoms with Crippen LogP contribution in [0.5, 0.6) is 11.6 Å². The third-order valence-electron chi connectivity index (χ3n) is 6.10. The highest BCUT2D eigenvalue weighted by Crippen LogP contribution is 2.41. The van der Waals surface area contributed by atoms with E-state index >= 15 is 0 Å². The summed E-state index contributed by atoms with van der Waals surface area (Å²) in [5.74, 6) is -1.47. The number of carbonyl (C=O) groups is 1. The normalized spacial score (nSPS) is 13.3. The molecule has 34 heavy (non-hydrogen) atoms. The van der Waals surface area contributed by atoms with Crippen molar-refractivity contribution in [1.29, 1.82) is 0 Å². The molecule has 0 unspecified atom stereocenters. The van der Waals surface area contributed by atoms with Gasteiger partial charge >= 0.3 is 5.97 Å². The minimum Gasteiger partial charge on any atom is -0.505 e. The van der Waals surface area contributed by atoms with Gasteiger partial charge in [-0.2, -0.15) is 0 Å². The summed E-state index contributed by atoms with van der Waals surface area (Å²) in [4.78, 5) is 11.1. The number of carboxylic acid groups (broad SMARTS) is 1. The van der Waals surface area contributed by atoms with Gasteiger partial charge in [0.05, 0.1) is 5.56 Å². The molecule has 0 aliphatic heterocycles. The average Bonchev–Trinajstić information content (AvgIpc) is 3.43. The van der Waals surface area contributed by atoms with Gasteiger partial charge in [-0.3, -0.25) is 4.57 Å². The molecule has 1 aliphatic carbocycles. The Balaban J connectivity index is 1.46. The van der Waals surface area contributed by atoms with E-state index in [1.807, 2.05) is 13.0 Å². The summed E-state index contributed by atoms with van der Waals surface area (Å²) in [6.07, 6.45) is 6.31. The zero-order valence-electron chi connectivity index (χ0n) is 18.5. The molecule has 2 aromatic heterocycles. The zero-order valence-corrected chi connectivity index (χ0v) is 18.5. The number of aromatic nitrogens is 1. The molecule has 3 N–H and O–H groups in total. The van der Waals surface area contributed by atoms with E-state index in [9.17, 15) is 15.0 Å². The molecule has 172 valence electrons. The van der Waals surface area contributed by atoms with Crippen LogP contribution in [-0.4, -0.2) is 25.9 Å². The lowest BCUT2D eigenvalue weighted by molar-refractivity contribution is 0.0663. The lowest BCUT2D eigenvalue weighted by Gasteiger charge is -2.17. The number of hydrogen-bond acceptors (Lipinski definition) is 6. The Morgan fingerprint density at radius 3 is 2.56 bits per heavy atom. The number of hydrogen-bond donors (Lipinski definition) is 3. The summed E-state index contributed by atoms with van der Waals surface area (Å²) in [5, 5.41) is 39.0.